The summed E-state index contributed by atoms with van der Waals surface area (Å²) in [5.74, 6) is 0. The Kier molecular flexibility index (Phi) is 12.0. The van der Waals surface area contributed by atoms with E-state index in [1.807, 2.05) is 0 Å². The molecule has 0 aromatic carbocycles. The molecule has 6 nitrogen and oxygen atoms in total. The van der Waals surface area contributed by atoms with Crippen LogP contribution in [0.2, 0.25) is 98.2 Å². The van der Waals surface area contributed by atoms with Crippen molar-refractivity contribution in [3.05, 3.63) is 0 Å². The van der Waals surface area contributed by atoms with Crippen molar-refractivity contribution in [2.45, 2.75) is 172 Å². The van der Waals surface area contributed by atoms with Crippen LogP contribution in [-0.2, 0) is 27.5 Å². The van der Waals surface area contributed by atoms with Crippen molar-refractivity contribution in [2.24, 2.45) is 0 Å². The Morgan fingerprint density at radius 3 is 0.791 bits per heavy atom. The van der Waals surface area contributed by atoms with Gasteiger partial charge in [-0.2, -0.15) is 0 Å². The first-order valence-electron chi connectivity index (χ1n) is 17.4. The molecular formula is C30H70O6Si7. The second kappa shape index (κ2) is 13.3. The van der Waals surface area contributed by atoms with Gasteiger partial charge in [-0.25, -0.2) is 0 Å². The van der Waals surface area contributed by atoms with Gasteiger partial charge in [0, 0.05) is 42.6 Å². The van der Waals surface area contributed by atoms with Crippen molar-refractivity contribution < 1.29 is 27.5 Å². The van der Waals surface area contributed by atoms with Crippen LogP contribution in [0.5, 0.6) is 0 Å². The van der Waals surface area contributed by atoms with Gasteiger partial charge in [-0.05, 0) is 57.8 Å². The van der Waals surface area contributed by atoms with Gasteiger partial charge in [0.15, 0.2) is 0 Å². The smallest absolute Gasteiger partial charge is 0.355 e. The Balaban J connectivity index is 2.21. The first-order chi connectivity index (χ1) is 19.4. The third kappa shape index (κ3) is 7.33. The molecule has 0 saturated carbocycles. The van der Waals surface area contributed by atoms with Crippen LogP contribution in [0.3, 0.4) is 0 Å². The fraction of sp³-hybridized carbons (Fsp3) is 1.00. The Bertz CT molecular complexity index is 802. The number of rotatable bonds is 12. The molecule has 0 spiro atoms. The van der Waals surface area contributed by atoms with Gasteiger partial charge in [0.05, 0.1) is 0 Å². The van der Waals surface area contributed by atoms with Crippen LogP contribution in [0.25, 0.3) is 0 Å². The lowest BCUT2D eigenvalue weighted by Gasteiger charge is -2.58. The van der Waals surface area contributed by atoms with E-state index in [0.29, 0.717) is 0 Å². The van der Waals surface area contributed by atoms with Crippen LogP contribution in [0.4, 0.5) is 0 Å². The molecule has 0 amide bonds. The predicted molar refractivity (Wildman–Crippen MR) is 200 cm³/mol. The van der Waals surface area contributed by atoms with Gasteiger partial charge in [-0.15, -0.1) is 0 Å². The second-order valence-corrected chi connectivity index (χ2v) is 70.0. The van der Waals surface area contributed by atoms with Crippen molar-refractivity contribution in [1.29, 1.82) is 0 Å². The minimum Gasteiger partial charge on any atom is -0.355 e. The molecule has 3 fully saturated rings. The number of ether oxygens (including phenoxy) is 3. The summed E-state index contributed by atoms with van der Waals surface area (Å²) in [5.41, 5.74) is -1.77. The van der Waals surface area contributed by atoms with Crippen LogP contribution < -0.4 is 0 Å². The zero-order valence-electron chi connectivity index (χ0n) is 31.0. The molecule has 254 valence electrons. The highest BCUT2D eigenvalue weighted by atomic mass is 29.3. The van der Waals surface area contributed by atoms with Crippen LogP contribution in [0.15, 0.2) is 0 Å². The zero-order valence-corrected chi connectivity index (χ0v) is 38.2. The van der Waals surface area contributed by atoms with Crippen molar-refractivity contribution >= 4 is 55.1 Å². The molecular weight excluding hydrogens is 653 g/mol. The third-order valence-corrected chi connectivity index (χ3v) is 71.2. The van der Waals surface area contributed by atoms with E-state index in [2.05, 4.69) is 98.2 Å². The molecule has 0 aromatic heterocycles. The van der Waals surface area contributed by atoms with E-state index in [1.54, 1.807) is 0 Å². The van der Waals surface area contributed by atoms with Crippen LogP contribution in [-0.4, -0.2) is 91.1 Å². The normalized spacial score (nSPS) is 31.6. The lowest BCUT2D eigenvalue weighted by Crippen LogP contribution is -2.77. The van der Waals surface area contributed by atoms with E-state index in [4.69, 9.17) is 27.5 Å². The van der Waals surface area contributed by atoms with Crippen LogP contribution in [0.1, 0.15) is 57.8 Å². The fourth-order valence-electron chi connectivity index (χ4n) is 6.76. The average Bonchev–Trinajstić information content (AvgIpc) is 2.88. The molecule has 0 aliphatic carbocycles. The number of hydrogen-bond donors (Lipinski definition) is 0. The molecule has 0 N–H and O–H groups in total. The van der Waals surface area contributed by atoms with E-state index in [9.17, 15) is 0 Å². The van der Waals surface area contributed by atoms with Gasteiger partial charge in [0.1, 0.15) is 39.0 Å². The van der Waals surface area contributed by atoms with Crippen molar-refractivity contribution in [1.82, 2.24) is 0 Å². The van der Waals surface area contributed by atoms with Crippen LogP contribution >= 0.6 is 0 Å². The van der Waals surface area contributed by atoms with Crippen molar-refractivity contribution in [2.75, 3.05) is 19.8 Å². The van der Waals surface area contributed by atoms with Crippen molar-refractivity contribution in [3.63, 3.8) is 0 Å². The molecule has 3 saturated heterocycles. The monoisotopic (exact) mass is 722 g/mol. The van der Waals surface area contributed by atoms with Gasteiger partial charge in [0.2, 0.25) is 0 Å². The highest BCUT2D eigenvalue weighted by Gasteiger charge is 2.64. The summed E-state index contributed by atoms with van der Waals surface area (Å²) < 4.78 is 43.7. The maximum atomic E-state index is 7.63. The molecule has 3 aliphatic heterocycles. The Morgan fingerprint density at radius 1 is 0.395 bits per heavy atom. The Labute approximate surface area is 273 Å². The van der Waals surface area contributed by atoms with Gasteiger partial charge in [-0.1, -0.05) is 98.2 Å². The minimum absolute atomic E-state index is 0.589. The van der Waals surface area contributed by atoms with Gasteiger partial charge in [-0.3, -0.25) is 0 Å². The highest BCUT2D eigenvalue weighted by molar-refractivity contribution is 7.42. The first-order valence-corrected chi connectivity index (χ1v) is 41.3. The van der Waals surface area contributed by atoms with Gasteiger partial charge >= 0.3 is 9.53 Å². The molecule has 43 heavy (non-hydrogen) atoms. The van der Waals surface area contributed by atoms with Gasteiger partial charge < -0.3 is 27.5 Å². The van der Waals surface area contributed by atoms with E-state index in [1.165, 1.54) is 0 Å². The summed E-state index contributed by atoms with van der Waals surface area (Å²) in [6, 6.07) is 0. The summed E-state index contributed by atoms with van der Waals surface area (Å²) in [5, 5.41) is 0. The lowest BCUT2D eigenvalue weighted by molar-refractivity contribution is -0.237. The second-order valence-electron chi connectivity index (χ2n) is 18.4. The fourth-order valence-corrected chi connectivity index (χ4v) is 33.7. The molecule has 0 bridgehead atoms. The topological polar surface area (TPSA) is 55.4 Å². The van der Waals surface area contributed by atoms with E-state index < -0.39 is 71.3 Å². The van der Waals surface area contributed by atoms with E-state index in [-0.39, 0.29) is 0 Å². The summed E-state index contributed by atoms with van der Waals surface area (Å²) in [6.07, 6.45) is 9.52. The SMILES string of the molecule is C[Si](C)(C)[Si](C)(C)C1(O[SiH](OC2([Si](C)(C)[Si](C)(C)C)CCCCO2)OC2([Si](C)(C)[Si](C)(C)C)CCCCO2)CCCCO1. The quantitative estimate of drug-likeness (QED) is 0.189. The molecule has 0 aromatic rings. The first kappa shape index (κ1) is 38.7. The molecule has 13 heteroatoms. The van der Waals surface area contributed by atoms with Crippen LogP contribution in [0, 0.1) is 0 Å². The molecule has 3 aliphatic rings. The van der Waals surface area contributed by atoms with Gasteiger partial charge in [0.25, 0.3) is 0 Å². The summed E-state index contributed by atoms with van der Waals surface area (Å²) >= 11 is 0. The molecule has 3 atom stereocenters. The number of hydrogen-bond acceptors (Lipinski definition) is 6. The standard InChI is InChI=1S/C30H70O6Si7/c1-38(2,3)41(10,11)28(22-16-19-25-31-28)34-37(35-29(23-17-20-26-32-29)42(12,13)39(4,5)6)36-30(24-18-21-27-33-30)43(14,15)40(7,8)9/h37H,16-27H2,1-15H3. The molecule has 3 heterocycles. The van der Waals surface area contributed by atoms with Crippen molar-refractivity contribution in [3.8, 4) is 0 Å². The average molecular weight is 723 g/mol. The van der Waals surface area contributed by atoms with E-state index in [0.717, 1.165) is 77.6 Å². The molecule has 3 rings (SSSR count). The lowest BCUT2D eigenvalue weighted by atomic mass is 10.2. The Morgan fingerprint density at radius 2 is 0.628 bits per heavy atom. The third-order valence-electron chi connectivity index (χ3n) is 13.0. The minimum atomic E-state index is -2.87. The maximum absolute atomic E-state index is 7.63. The maximum Gasteiger partial charge on any atom is 0.489 e. The predicted octanol–water partition coefficient (Wildman–Crippen LogP) is 8.44. The summed E-state index contributed by atoms with van der Waals surface area (Å²) in [6.45, 7) is 40.1. The van der Waals surface area contributed by atoms with E-state index >= 15 is 0 Å². The molecule has 3 unspecified atom stereocenters. The highest BCUT2D eigenvalue weighted by Crippen LogP contribution is 2.47. The summed E-state index contributed by atoms with van der Waals surface area (Å²) in [4.78, 5) is 0. The summed E-state index contributed by atoms with van der Waals surface area (Å²) in [7, 11) is -13.8. The molecule has 0 radical (unpaired) electrons. The zero-order chi connectivity index (χ0) is 32.8. The Hall–Kier alpha value is 1.28. The largest absolute Gasteiger partial charge is 0.489 e.